The Morgan fingerprint density at radius 3 is 2.61 bits per heavy atom. The second-order valence-electron chi connectivity index (χ2n) is 4.80. The van der Waals surface area contributed by atoms with Crippen LogP contribution in [0.4, 0.5) is 17.1 Å². The molecule has 1 amide bonds. The molecular formula is C17H15ClN4O. The Balaban J connectivity index is 2.12. The summed E-state index contributed by atoms with van der Waals surface area (Å²) in [5, 5.41) is 15.3. The van der Waals surface area contributed by atoms with E-state index in [1.165, 1.54) is 6.20 Å². The van der Waals surface area contributed by atoms with Crippen LogP contribution in [0.15, 0.2) is 54.2 Å². The first kappa shape index (κ1) is 16.4. The van der Waals surface area contributed by atoms with E-state index in [1.807, 2.05) is 19.1 Å². The molecule has 0 aromatic heterocycles. The average Bonchev–Trinajstić information content (AvgIpc) is 2.54. The zero-order valence-corrected chi connectivity index (χ0v) is 13.2. The molecule has 2 rings (SSSR count). The fourth-order valence-electron chi connectivity index (χ4n) is 1.83. The van der Waals surface area contributed by atoms with Gasteiger partial charge in [0.2, 0.25) is 0 Å². The number of rotatable bonds is 4. The van der Waals surface area contributed by atoms with Gasteiger partial charge in [0.1, 0.15) is 11.6 Å². The lowest BCUT2D eigenvalue weighted by molar-refractivity contribution is -0.112. The molecule has 5 nitrogen and oxygen atoms in total. The highest BCUT2D eigenvalue weighted by Gasteiger charge is 2.09. The van der Waals surface area contributed by atoms with Gasteiger partial charge in [0.05, 0.1) is 0 Å². The van der Waals surface area contributed by atoms with E-state index in [0.29, 0.717) is 16.4 Å². The van der Waals surface area contributed by atoms with E-state index >= 15 is 0 Å². The van der Waals surface area contributed by atoms with Gasteiger partial charge in [-0.05, 0) is 48.9 Å². The van der Waals surface area contributed by atoms with Crippen LogP contribution in [0.2, 0.25) is 5.02 Å². The van der Waals surface area contributed by atoms with Crippen LogP contribution in [0, 0.1) is 18.3 Å². The van der Waals surface area contributed by atoms with Crippen LogP contribution in [-0.4, -0.2) is 5.91 Å². The fraction of sp³-hybridized carbons (Fsp3) is 0.0588. The third-order valence-electron chi connectivity index (χ3n) is 3.17. The van der Waals surface area contributed by atoms with Crippen LogP contribution in [0.3, 0.4) is 0 Å². The number of hydrogen-bond acceptors (Lipinski definition) is 4. The summed E-state index contributed by atoms with van der Waals surface area (Å²) < 4.78 is 0. The maximum atomic E-state index is 12.1. The molecule has 0 aliphatic heterocycles. The Kier molecular flexibility index (Phi) is 5.23. The van der Waals surface area contributed by atoms with Crippen LogP contribution in [-0.2, 0) is 4.79 Å². The minimum Gasteiger partial charge on any atom is -0.399 e. The van der Waals surface area contributed by atoms with Crippen molar-refractivity contribution >= 4 is 34.6 Å². The predicted molar refractivity (Wildman–Crippen MR) is 93.0 cm³/mol. The van der Waals surface area contributed by atoms with E-state index in [2.05, 4.69) is 10.6 Å². The third-order valence-corrected chi connectivity index (χ3v) is 3.58. The van der Waals surface area contributed by atoms with Crippen LogP contribution < -0.4 is 16.4 Å². The zero-order chi connectivity index (χ0) is 16.8. The molecule has 6 heteroatoms. The molecule has 0 radical (unpaired) electrons. The lowest BCUT2D eigenvalue weighted by Gasteiger charge is -2.08. The van der Waals surface area contributed by atoms with Crippen molar-refractivity contribution in [3.05, 3.63) is 64.8 Å². The molecule has 0 unspecified atom stereocenters. The number of nitrogens with zero attached hydrogens (tertiary/aromatic N) is 1. The number of amides is 1. The van der Waals surface area contributed by atoms with Gasteiger partial charge in [-0.3, -0.25) is 4.79 Å². The largest absolute Gasteiger partial charge is 0.399 e. The molecule has 23 heavy (non-hydrogen) atoms. The van der Waals surface area contributed by atoms with Crippen LogP contribution >= 0.6 is 11.6 Å². The van der Waals surface area contributed by atoms with Crippen molar-refractivity contribution < 1.29 is 4.79 Å². The number of anilines is 3. The maximum Gasteiger partial charge on any atom is 0.267 e. The molecule has 116 valence electrons. The number of carbonyl (C=O) groups excluding carboxylic acids is 1. The summed E-state index contributed by atoms with van der Waals surface area (Å²) in [5.74, 6) is -0.510. The zero-order valence-electron chi connectivity index (χ0n) is 12.4. The highest BCUT2D eigenvalue weighted by atomic mass is 35.5. The molecule has 0 heterocycles. The number of hydrogen-bond donors (Lipinski definition) is 3. The Morgan fingerprint density at radius 1 is 1.26 bits per heavy atom. The van der Waals surface area contributed by atoms with Crippen LogP contribution in [0.1, 0.15) is 5.56 Å². The number of halogens is 1. The number of nitrogens with one attached hydrogen (secondary N) is 2. The first-order chi connectivity index (χ1) is 11.0. The SMILES string of the molecule is Cc1c(Cl)cccc1N/C=C(/C#N)C(=O)Nc1ccc(N)cc1. The van der Waals surface area contributed by atoms with E-state index in [4.69, 9.17) is 22.6 Å². The first-order valence-electron chi connectivity index (χ1n) is 6.80. The molecule has 0 atom stereocenters. The van der Waals surface area contributed by atoms with Gasteiger partial charge < -0.3 is 16.4 Å². The van der Waals surface area contributed by atoms with Gasteiger partial charge in [-0.2, -0.15) is 5.26 Å². The Hall–Kier alpha value is -2.97. The monoisotopic (exact) mass is 326 g/mol. The van der Waals surface area contributed by atoms with E-state index in [9.17, 15) is 4.79 Å². The van der Waals surface area contributed by atoms with Crippen molar-refractivity contribution in [1.82, 2.24) is 0 Å². The van der Waals surface area contributed by atoms with E-state index < -0.39 is 5.91 Å². The second-order valence-corrected chi connectivity index (χ2v) is 5.21. The summed E-state index contributed by atoms with van der Waals surface area (Å²) in [4.78, 5) is 12.1. The van der Waals surface area contributed by atoms with Crippen LogP contribution in [0.25, 0.3) is 0 Å². The van der Waals surface area contributed by atoms with Gasteiger partial charge >= 0.3 is 0 Å². The molecule has 0 spiro atoms. The molecule has 0 aliphatic rings. The van der Waals surface area contributed by atoms with Crippen molar-refractivity contribution in [2.45, 2.75) is 6.92 Å². The summed E-state index contributed by atoms with van der Waals surface area (Å²) in [6.45, 7) is 1.85. The van der Waals surface area contributed by atoms with Crippen molar-refractivity contribution in [3.8, 4) is 6.07 Å². The lowest BCUT2D eigenvalue weighted by atomic mass is 10.2. The topological polar surface area (TPSA) is 90.9 Å². The minimum absolute atomic E-state index is 0.0544. The Bertz CT molecular complexity index is 791. The summed E-state index contributed by atoms with van der Waals surface area (Å²) >= 11 is 6.03. The quantitative estimate of drug-likeness (QED) is 0.454. The lowest BCUT2D eigenvalue weighted by Crippen LogP contribution is -2.14. The van der Waals surface area contributed by atoms with E-state index in [-0.39, 0.29) is 5.57 Å². The van der Waals surface area contributed by atoms with Gasteiger partial charge in [-0.1, -0.05) is 17.7 Å². The van der Waals surface area contributed by atoms with Gasteiger partial charge in [0.25, 0.3) is 5.91 Å². The molecule has 0 aliphatic carbocycles. The molecule has 0 fully saturated rings. The highest BCUT2D eigenvalue weighted by Crippen LogP contribution is 2.23. The number of nitrogens with two attached hydrogens (primary N) is 1. The molecule has 2 aromatic rings. The number of nitriles is 1. The summed E-state index contributed by atoms with van der Waals surface area (Å²) in [6, 6.07) is 13.9. The van der Waals surface area contributed by atoms with E-state index in [1.54, 1.807) is 36.4 Å². The summed E-state index contributed by atoms with van der Waals surface area (Å²) in [6.07, 6.45) is 1.35. The van der Waals surface area contributed by atoms with Gasteiger partial charge in [-0.15, -0.1) is 0 Å². The summed E-state index contributed by atoms with van der Waals surface area (Å²) in [5.41, 5.74) is 8.25. The highest BCUT2D eigenvalue weighted by molar-refractivity contribution is 6.31. The standard InChI is InChI=1S/C17H15ClN4O/c1-11-15(18)3-2-4-16(11)21-10-12(9-19)17(23)22-14-7-5-13(20)6-8-14/h2-8,10,21H,20H2,1H3,(H,22,23)/b12-10-. The predicted octanol–water partition coefficient (Wildman–Crippen LogP) is 3.69. The van der Waals surface area contributed by atoms with Crippen molar-refractivity contribution in [2.24, 2.45) is 0 Å². The van der Waals surface area contributed by atoms with Gasteiger partial charge in [0.15, 0.2) is 0 Å². The maximum absolute atomic E-state index is 12.1. The molecule has 0 saturated carbocycles. The molecular weight excluding hydrogens is 312 g/mol. The number of carbonyl (C=O) groups is 1. The van der Waals surface area contributed by atoms with Crippen molar-refractivity contribution in [3.63, 3.8) is 0 Å². The molecule has 0 saturated heterocycles. The third kappa shape index (κ3) is 4.25. The molecule has 4 N–H and O–H groups in total. The van der Waals surface area contributed by atoms with Crippen molar-refractivity contribution in [1.29, 1.82) is 5.26 Å². The summed E-state index contributed by atoms with van der Waals surface area (Å²) in [7, 11) is 0. The molecule has 0 bridgehead atoms. The Labute approximate surface area is 139 Å². The fourth-order valence-corrected chi connectivity index (χ4v) is 2.00. The smallest absolute Gasteiger partial charge is 0.267 e. The van der Waals surface area contributed by atoms with Crippen molar-refractivity contribution in [2.75, 3.05) is 16.4 Å². The normalized spacial score (nSPS) is 10.7. The van der Waals surface area contributed by atoms with E-state index in [0.717, 1.165) is 11.3 Å². The number of benzene rings is 2. The molecule has 2 aromatic carbocycles. The Morgan fingerprint density at radius 2 is 1.96 bits per heavy atom. The average molecular weight is 327 g/mol. The van der Waals surface area contributed by atoms with Crippen LogP contribution in [0.5, 0.6) is 0 Å². The minimum atomic E-state index is -0.510. The first-order valence-corrected chi connectivity index (χ1v) is 7.18. The second kappa shape index (κ2) is 7.34. The number of nitrogen functional groups attached to an aromatic ring is 1. The van der Waals surface area contributed by atoms with Gasteiger partial charge in [0, 0.05) is 28.3 Å². The van der Waals surface area contributed by atoms with Gasteiger partial charge in [-0.25, -0.2) is 0 Å².